The molecule has 1 aromatic heterocycles. The Hall–Kier alpha value is -1.88. The lowest BCUT2D eigenvalue weighted by atomic mass is 10.1. The molecule has 0 spiro atoms. The molecule has 0 aliphatic carbocycles. The Bertz CT molecular complexity index is 518. The first kappa shape index (κ1) is 9.67. The summed E-state index contributed by atoms with van der Waals surface area (Å²) < 4.78 is 1.52. The Morgan fingerprint density at radius 2 is 2.20 bits per heavy atom. The maximum Gasteiger partial charge on any atom is 0.326 e. The van der Waals surface area contributed by atoms with Gasteiger partial charge in [-0.25, -0.2) is 0 Å². The molecule has 78 valence electrons. The summed E-state index contributed by atoms with van der Waals surface area (Å²) in [7, 11) is 1.69. The minimum absolute atomic E-state index is 0.526. The first-order chi connectivity index (χ1) is 7.11. The highest BCUT2D eigenvalue weighted by Crippen LogP contribution is 2.22. The maximum absolute atomic E-state index is 10.8. The van der Waals surface area contributed by atoms with E-state index in [1.807, 2.05) is 24.3 Å². The van der Waals surface area contributed by atoms with Gasteiger partial charge < -0.3 is 10.8 Å². The molecular formula is C10H11N3O2. The third-order valence-electron chi connectivity index (χ3n) is 2.35. The summed E-state index contributed by atoms with van der Waals surface area (Å²) in [5.74, 6) is -1.05. The highest BCUT2D eigenvalue weighted by Gasteiger charge is 2.21. The van der Waals surface area contributed by atoms with Gasteiger partial charge >= 0.3 is 5.97 Å². The quantitative estimate of drug-likeness (QED) is 0.754. The normalized spacial score (nSPS) is 12.9. The number of benzene rings is 1. The Labute approximate surface area is 86.1 Å². The number of hydrogen-bond acceptors (Lipinski definition) is 3. The van der Waals surface area contributed by atoms with Crippen LogP contribution in [0, 0.1) is 0 Å². The second-order valence-corrected chi connectivity index (χ2v) is 3.34. The van der Waals surface area contributed by atoms with Gasteiger partial charge in [-0.3, -0.25) is 9.48 Å². The number of aliphatic carboxylic acids is 1. The summed E-state index contributed by atoms with van der Waals surface area (Å²) in [6.07, 6.45) is 0. The molecule has 0 aliphatic heterocycles. The van der Waals surface area contributed by atoms with Crippen molar-refractivity contribution in [3.63, 3.8) is 0 Å². The van der Waals surface area contributed by atoms with Gasteiger partial charge in [0.25, 0.3) is 0 Å². The molecule has 0 radical (unpaired) electrons. The van der Waals surface area contributed by atoms with Crippen molar-refractivity contribution in [3.05, 3.63) is 30.0 Å². The molecule has 0 saturated heterocycles. The zero-order valence-corrected chi connectivity index (χ0v) is 8.21. The highest BCUT2D eigenvalue weighted by atomic mass is 16.4. The number of nitrogens with zero attached hydrogens (tertiary/aromatic N) is 2. The summed E-state index contributed by atoms with van der Waals surface area (Å²) >= 11 is 0. The number of nitrogens with two attached hydrogens (primary N) is 1. The van der Waals surface area contributed by atoms with Gasteiger partial charge in [-0.05, 0) is 6.07 Å². The molecule has 5 heteroatoms. The summed E-state index contributed by atoms with van der Waals surface area (Å²) in [5, 5.41) is 13.8. The smallest absolute Gasteiger partial charge is 0.326 e. The van der Waals surface area contributed by atoms with Crippen LogP contribution < -0.4 is 5.73 Å². The second-order valence-electron chi connectivity index (χ2n) is 3.34. The molecule has 15 heavy (non-hydrogen) atoms. The van der Waals surface area contributed by atoms with Crippen LogP contribution in [-0.2, 0) is 11.8 Å². The largest absolute Gasteiger partial charge is 0.480 e. The van der Waals surface area contributed by atoms with Gasteiger partial charge in [0.2, 0.25) is 0 Å². The van der Waals surface area contributed by atoms with Gasteiger partial charge in [0.15, 0.2) is 0 Å². The Morgan fingerprint density at radius 1 is 1.53 bits per heavy atom. The number of carboxylic acid groups (broad SMARTS) is 1. The van der Waals surface area contributed by atoms with Crippen molar-refractivity contribution in [3.8, 4) is 0 Å². The maximum atomic E-state index is 10.8. The fraction of sp³-hybridized carbons (Fsp3) is 0.200. The SMILES string of the molecule is Cn1nc2ccccc2c1C(N)C(=O)O. The van der Waals surface area contributed by atoms with Gasteiger partial charge in [0, 0.05) is 12.4 Å². The lowest BCUT2D eigenvalue weighted by Gasteiger charge is -2.06. The van der Waals surface area contributed by atoms with E-state index in [0.29, 0.717) is 5.69 Å². The lowest BCUT2D eigenvalue weighted by Crippen LogP contribution is -2.23. The average molecular weight is 205 g/mol. The van der Waals surface area contributed by atoms with Crippen molar-refractivity contribution >= 4 is 16.9 Å². The fourth-order valence-electron chi connectivity index (χ4n) is 1.65. The predicted molar refractivity (Wildman–Crippen MR) is 55.3 cm³/mol. The average Bonchev–Trinajstić information content (AvgIpc) is 2.52. The summed E-state index contributed by atoms with van der Waals surface area (Å²) in [6.45, 7) is 0. The van der Waals surface area contributed by atoms with E-state index in [9.17, 15) is 4.79 Å². The van der Waals surface area contributed by atoms with Crippen LogP contribution in [0.5, 0.6) is 0 Å². The number of fused-ring (bicyclic) bond motifs is 1. The van der Waals surface area contributed by atoms with Crippen molar-refractivity contribution in [2.24, 2.45) is 12.8 Å². The Morgan fingerprint density at radius 3 is 2.87 bits per heavy atom. The van der Waals surface area contributed by atoms with Crippen LogP contribution >= 0.6 is 0 Å². The van der Waals surface area contributed by atoms with E-state index in [1.165, 1.54) is 4.68 Å². The molecule has 1 unspecified atom stereocenters. The zero-order valence-electron chi connectivity index (χ0n) is 8.21. The van der Waals surface area contributed by atoms with Crippen molar-refractivity contribution in [1.82, 2.24) is 9.78 Å². The molecule has 1 heterocycles. The number of aromatic nitrogens is 2. The molecule has 0 bridgehead atoms. The van der Waals surface area contributed by atoms with Crippen LogP contribution in [0.25, 0.3) is 10.9 Å². The number of carbonyl (C=O) groups is 1. The highest BCUT2D eigenvalue weighted by molar-refractivity contribution is 5.87. The van der Waals surface area contributed by atoms with Crippen molar-refractivity contribution in [1.29, 1.82) is 0 Å². The van der Waals surface area contributed by atoms with Crippen molar-refractivity contribution < 1.29 is 9.90 Å². The van der Waals surface area contributed by atoms with Gasteiger partial charge in [-0.15, -0.1) is 0 Å². The minimum atomic E-state index is -1.05. The first-order valence-electron chi connectivity index (χ1n) is 4.51. The second kappa shape index (κ2) is 3.36. The molecule has 0 saturated carbocycles. The third-order valence-corrected chi connectivity index (χ3v) is 2.35. The molecule has 3 N–H and O–H groups in total. The summed E-state index contributed by atoms with van der Waals surface area (Å²) in [5.41, 5.74) is 6.87. The van der Waals surface area contributed by atoms with Crippen molar-refractivity contribution in [2.45, 2.75) is 6.04 Å². The molecule has 0 aliphatic rings. The van der Waals surface area contributed by atoms with Gasteiger partial charge in [-0.1, -0.05) is 18.2 Å². The standard InChI is InChI=1S/C10H11N3O2/c1-13-9(8(11)10(14)15)6-4-2-3-5-7(6)12-13/h2-5,8H,11H2,1H3,(H,14,15). The molecule has 2 aromatic rings. The van der Waals surface area contributed by atoms with Crippen molar-refractivity contribution in [2.75, 3.05) is 0 Å². The number of carboxylic acids is 1. The van der Waals surface area contributed by atoms with E-state index in [4.69, 9.17) is 10.8 Å². The van der Waals surface area contributed by atoms with E-state index in [2.05, 4.69) is 5.10 Å². The molecule has 0 fully saturated rings. The van der Waals surface area contributed by atoms with E-state index >= 15 is 0 Å². The van der Waals surface area contributed by atoms with Crippen LogP contribution in [0.2, 0.25) is 0 Å². The summed E-state index contributed by atoms with van der Waals surface area (Å²) in [4.78, 5) is 10.8. The molecule has 0 amide bonds. The first-order valence-corrected chi connectivity index (χ1v) is 4.51. The topological polar surface area (TPSA) is 81.1 Å². The summed E-state index contributed by atoms with van der Waals surface area (Å²) in [6, 6.07) is 6.30. The molecule has 2 rings (SSSR count). The van der Waals surface area contributed by atoms with Crippen LogP contribution in [0.3, 0.4) is 0 Å². The van der Waals surface area contributed by atoms with Gasteiger partial charge in [0.05, 0.1) is 11.2 Å². The van der Waals surface area contributed by atoms with Crippen LogP contribution in [0.4, 0.5) is 0 Å². The minimum Gasteiger partial charge on any atom is -0.480 e. The van der Waals surface area contributed by atoms with E-state index < -0.39 is 12.0 Å². The lowest BCUT2D eigenvalue weighted by molar-refractivity contribution is -0.138. The monoisotopic (exact) mass is 205 g/mol. The molecule has 1 atom stereocenters. The van der Waals surface area contributed by atoms with Crippen LogP contribution in [0.15, 0.2) is 24.3 Å². The van der Waals surface area contributed by atoms with Crippen LogP contribution in [0.1, 0.15) is 11.7 Å². The van der Waals surface area contributed by atoms with Gasteiger partial charge in [0.1, 0.15) is 6.04 Å². The third kappa shape index (κ3) is 1.46. The molecular weight excluding hydrogens is 194 g/mol. The number of aryl methyl sites for hydroxylation is 1. The van der Waals surface area contributed by atoms with E-state index in [1.54, 1.807) is 7.05 Å². The van der Waals surface area contributed by atoms with E-state index in [0.717, 1.165) is 10.9 Å². The zero-order chi connectivity index (χ0) is 11.0. The Balaban J connectivity index is 2.68. The van der Waals surface area contributed by atoms with Gasteiger partial charge in [-0.2, -0.15) is 5.10 Å². The fourth-order valence-corrected chi connectivity index (χ4v) is 1.65. The van der Waals surface area contributed by atoms with Crippen LogP contribution in [-0.4, -0.2) is 20.9 Å². The molecule has 5 nitrogen and oxygen atoms in total. The van der Waals surface area contributed by atoms with E-state index in [-0.39, 0.29) is 0 Å². The number of rotatable bonds is 2. The predicted octanol–water partition coefficient (Wildman–Crippen LogP) is 0.658. The Kier molecular flexibility index (Phi) is 2.17. The molecule has 1 aromatic carbocycles. The number of hydrogen-bond donors (Lipinski definition) is 2.